The first kappa shape index (κ1) is 25.9. The van der Waals surface area contributed by atoms with Crippen molar-refractivity contribution in [1.82, 2.24) is 10.2 Å². The number of benzene rings is 1. The summed E-state index contributed by atoms with van der Waals surface area (Å²) in [6, 6.07) is 4.36. The second-order valence-electron chi connectivity index (χ2n) is 6.88. The Morgan fingerprint density at radius 2 is 2.00 bits per heavy atom. The van der Waals surface area contributed by atoms with Crippen LogP contribution in [0, 0.1) is 28.9 Å². The van der Waals surface area contributed by atoms with Gasteiger partial charge in [-0.25, -0.2) is 17.2 Å². The molecular formula is C19H29F2N3O5S. The van der Waals surface area contributed by atoms with Crippen LogP contribution in [0.15, 0.2) is 23.1 Å². The molecule has 3 rings (SSSR count). The van der Waals surface area contributed by atoms with E-state index in [1.165, 1.54) is 0 Å². The van der Waals surface area contributed by atoms with E-state index in [0.29, 0.717) is 51.8 Å². The van der Waals surface area contributed by atoms with Crippen molar-refractivity contribution in [1.29, 1.82) is 5.26 Å². The van der Waals surface area contributed by atoms with Crippen molar-refractivity contribution in [3.8, 4) is 6.07 Å². The van der Waals surface area contributed by atoms with Gasteiger partial charge in [0.25, 0.3) is 0 Å². The van der Waals surface area contributed by atoms with Crippen LogP contribution < -0.4 is 5.32 Å². The van der Waals surface area contributed by atoms with E-state index in [1.54, 1.807) is 11.9 Å². The molecule has 1 aromatic rings. The lowest BCUT2D eigenvalue weighted by molar-refractivity contribution is -0.139. The van der Waals surface area contributed by atoms with Crippen LogP contribution in [-0.4, -0.2) is 69.8 Å². The third kappa shape index (κ3) is 6.43. The molecule has 0 aromatic heterocycles. The fraction of sp³-hybridized carbons (Fsp3) is 0.579. The molecule has 30 heavy (non-hydrogen) atoms. The van der Waals surface area contributed by atoms with Crippen LogP contribution in [0.5, 0.6) is 0 Å². The van der Waals surface area contributed by atoms with E-state index in [-0.39, 0.29) is 25.1 Å². The van der Waals surface area contributed by atoms with Crippen molar-refractivity contribution in [2.24, 2.45) is 5.92 Å². The summed E-state index contributed by atoms with van der Waals surface area (Å²) in [4.78, 5) is 13.7. The maximum atomic E-state index is 13.8. The van der Waals surface area contributed by atoms with Crippen LogP contribution >= 0.6 is 0 Å². The molecule has 2 fully saturated rings. The number of hydrogen-bond acceptors (Lipinski definition) is 6. The van der Waals surface area contributed by atoms with Gasteiger partial charge in [-0.3, -0.25) is 4.79 Å². The highest BCUT2D eigenvalue weighted by atomic mass is 32.2. The molecule has 2 atom stereocenters. The minimum absolute atomic E-state index is 0. The Balaban J connectivity index is 0.00000116. The highest BCUT2D eigenvalue weighted by Crippen LogP contribution is 2.35. The number of nitrogens with one attached hydrogen (secondary N) is 1. The Morgan fingerprint density at radius 3 is 2.53 bits per heavy atom. The van der Waals surface area contributed by atoms with E-state index in [4.69, 9.17) is 10.00 Å². The van der Waals surface area contributed by atoms with Gasteiger partial charge in [0.1, 0.15) is 16.5 Å². The molecule has 1 saturated carbocycles. The summed E-state index contributed by atoms with van der Waals surface area (Å²) >= 11 is 0. The van der Waals surface area contributed by atoms with Gasteiger partial charge in [0.2, 0.25) is 5.91 Å². The van der Waals surface area contributed by atoms with Gasteiger partial charge >= 0.3 is 0 Å². The summed E-state index contributed by atoms with van der Waals surface area (Å²) in [6.07, 6.45) is 0.943. The molecule has 1 aliphatic heterocycles. The molecule has 0 bridgehead atoms. The van der Waals surface area contributed by atoms with Gasteiger partial charge in [-0.05, 0) is 38.4 Å². The Kier molecular flexibility index (Phi) is 10.3. The highest BCUT2D eigenvalue weighted by molar-refractivity contribution is 7.92. The first-order valence-corrected chi connectivity index (χ1v) is 10.9. The third-order valence-corrected chi connectivity index (χ3v) is 7.20. The average Bonchev–Trinajstić information content (AvgIpc) is 3.20. The fourth-order valence-corrected chi connectivity index (χ4v) is 5.33. The molecule has 1 heterocycles. The number of carbonyl (C=O) groups excluding carboxylic acids is 1. The van der Waals surface area contributed by atoms with Crippen molar-refractivity contribution in [2.45, 2.75) is 29.4 Å². The number of ether oxygens (including phenoxy) is 1. The maximum Gasteiger partial charge on any atom is 0.225 e. The van der Waals surface area contributed by atoms with Crippen LogP contribution in [0.1, 0.15) is 20.7 Å². The number of carbonyl (C=O) groups is 1. The quantitative estimate of drug-likeness (QED) is 0.537. The van der Waals surface area contributed by atoms with E-state index in [2.05, 4.69) is 5.32 Å². The molecule has 1 aliphatic carbocycles. The number of hydrogen-bond donors (Lipinski definition) is 1. The van der Waals surface area contributed by atoms with E-state index in [9.17, 15) is 22.0 Å². The number of sulfone groups is 1. The first-order chi connectivity index (χ1) is 13.8. The maximum absolute atomic E-state index is 13.8. The minimum atomic E-state index is -3.92. The smallest absolute Gasteiger partial charge is 0.225 e. The number of nitrogens with zero attached hydrogens (tertiary/aromatic N) is 2. The number of rotatable bonds is 4. The largest absolute Gasteiger partial charge is 0.412 e. The number of morpholine rings is 1. The molecule has 170 valence electrons. The highest BCUT2D eigenvalue weighted by Gasteiger charge is 2.40. The summed E-state index contributed by atoms with van der Waals surface area (Å²) < 4.78 is 57.2. The number of halogens is 2. The van der Waals surface area contributed by atoms with Gasteiger partial charge in [-0.2, -0.15) is 5.26 Å². The second kappa shape index (κ2) is 11.9. The predicted octanol–water partition coefficient (Wildman–Crippen LogP) is 0.917. The van der Waals surface area contributed by atoms with E-state index in [0.717, 1.165) is 12.1 Å². The Bertz CT molecular complexity index is 861. The molecular weight excluding hydrogens is 420 g/mol. The summed E-state index contributed by atoms with van der Waals surface area (Å²) in [5, 5.41) is 9.60. The van der Waals surface area contributed by atoms with Crippen molar-refractivity contribution < 1.29 is 33.6 Å². The average molecular weight is 450 g/mol. The van der Waals surface area contributed by atoms with E-state index >= 15 is 0 Å². The Morgan fingerprint density at radius 1 is 1.33 bits per heavy atom. The summed E-state index contributed by atoms with van der Waals surface area (Å²) in [7, 11) is -2.18. The van der Waals surface area contributed by atoms with Crippen molar-refractivity contribution in [3.05, 3.63) is 29.8 Å². The van der Waals surface area contributed by atoms with Gasteiger partial charge in [0.05, 0.1) is 31.1 Å². The molecule has 3 N–H and O–H groups in total. The molecule has 8 nitrogen and oxygen atoms in total. The lowest BCUT2D eigenvalue weighted by Crippen LogP contribution is -2.43. The molecule has 0 spiro atoms. The summed E-state index contributed by atoms with van der Waals surface area (Å²) in [5.74, 6) is -2.34. The summed E-state index contributed by atoms with van der Waals surface area (Å²) in [6.45, 7) is 2.45. The van der Waals surface area contributed by atoms with Crippen LogP contribution in [0.4, 0.5) is 8.78 Å². The molecule has 11 heteroatoms. The molecule has 0 radical (unpaired) electrons. The molecule has 1 amide bonds. The third-order valence-electron chi connectivity index (χ3n) is 4.95. The Hall–Kier alpha value is -2.13. The number of nitriles is 1. The zero-order chi connectivity index (χ0) is 21.4. The normalized spacial score (nSPS) is 21.1. The van der Waals surface area contributed by atoms with Gasteiger partial charge in [-0.1, -0.05) is 0 Å². The Labute approximate surface area is 176 Å². The standard InChI is InChI=1S/C16H19F2NO4S.C3H6N2.H2O.H2/c17-12-2-4-15(14(18)10-12)24(21,22)13-3-1-11(9-13)16(20)19-5-7-23-8-6-19;1-5-3-2-4;;/h2,4,10-11,13H,1,3,5-9H2;5H,3H2,1H3;1H2;1H/t11-,13+;;;/m0.../s1. The molecule has 1 saturated heterocycles. The van der Waals surface area contributed by atoms with Gasteiger partial charge in [0, 0.05) is 26.5 Å². The van der Waals surface area contributed by atoms with Crippen molar-refractivity contribution >= 4 is 15.7 Å². The predicted molar refractivity (Wildman–Crippen MR) is 107 cm³/mol. The van der Waals surface area contributed by atoms with Crippen LogP contribution in [-0.2, 0) is 19.4 Å². The zero-order valence-electron chi connectivity index (χ0n) is 16.7. The first-order valence-electron chi connectivity index (χ1n) is 9.38. The molecule has 2 aliphatic rings. The second-order valence-corrected chi connectivity index (χ2v) is 9.07. The van der Waals surface area contributed by atoms with Gasteiger partial charge < -0.3 is 20.4 Å². The minimum Gasteiger partial charge on any atom is -0.412 e. The molecule has 0 unspecified atom stereocenters. The summed E-state index contributed by atoms with van der Waals surface area (Å²) in [5.41, 5.74) is 0. The van der Waals surface area contributed by atoms with Gasteiger partial charge in [-0.15, -0.1) is 0 Å². The lowest BCUT2D eigenvalue weighted by atomic mass is 10.1. The SMILES string of the molecule is CNCC#N.O.O=C([C@H]1CC[C@@H](S(=O)(=O)c2ccc(F)cc2F)C1)N1CCOCC1.[HH]. The van der Waals surface area contributed by atoms with Crippen LogP contribution in [0.25, 0.3) is 0 Å². The fourth-order valence-electron chi connectivity index (χ4n) is 3.45. The van der Waals surface area contributed by atoms with Crippen LogP contribution in [0.3, 0.4) is 0 Å². The monoisotopic (exact) mass is 449 g/mol. The number of amides is 1. The van der Waals surface area contributed by atoms with Crippen LogP contribution in [0.2, 0.25) is 0 Å². The zero-order valence-corrected chi connectivity index (χ0v) is 17.6. The molecule has 1 aromatic carbocycles. The van der Waals surface area contributed by atoms with Gasteiger partial charge in [0.15, 0.2) is 9.84 Å². The van der Waals surface area contributed by atoms with E-state index < -0.39 is 31.6 Å². The topological polar surface area (TPSA) is 131 Å². The van der Waals surface area contributed by atoms with E-state index in [1.807, 2.05) is 6.07 Å². The van der Waals surface area contributed by atoms with Crippen molar-refractivity contribution in [3.63, 3.8) is 0 Å². The van der Waals surface area contributed by atoms with Crippen molar-refractivity contribution in [2.75, 3.05) is 39.9 Å². The lowest BCUT2D eigenvalue weighted by Gasteiger charge is -2.29.